The van der Waals surface area contributed by atoms with Crippen molar-refractivity contribution in [2.24, 2.45) is 0 Å². The quantitative estimate of drug-likeness (QED) is 0.655. The third-order valence-corrected chi connectivity index (χ3v) is 3.79. The maximum Gasteiger partial charge on any atom is 0.165 e. The van der Waals surface area contributed by atoms with Gasteiger partial charge in [0.05, 0.1) is 6.54 Å². The molecular weight excluding hydrogens is 317 g/mol. The maximum atomic E-state index is 13.6. The van der Waals surface area contributed by atoms with E-state index >= 15 is 0 Å². The summed E-state index contributed by atoms with van der Waals surface area (Å²) >= 11 is 0. The molecule has 0 saturated carbocycles. The van der Waals surface area contributed by atoms with Crippen molar-refractivity contribution in [1.82, 2.24) is 4.57 Å². The lowest BCUT2D eigenvalue weighted by atomic mass is 10.1. The Morgan fingerprint density at radius 2 is 1.80 bits per heavy atom. The van der Waals surface area contributed by atoms with Crippen LogP contribution in [0.1, 0.15) is 5.56 Å². The van der Waals surface area contributed by atoms with Crippen LogP contribution in [0.3, 0.4) is 0 Å². The van der Waals surface area contributed by atoms with Crippen molar-refractivity contribution in [3.05, 3.63) is 71.7 Å². The number of hydrogen-bond donors (Lipinski definition) is 0. The summed E-state index contributed by atoms with van der Waals surface area (Å²) in [5, 5.41) is 18.9. The number of aromatic nitrogens is 1. The summed E-state index contributed by atoms with van der Waals surface area (Å²) in [7, 11) is 0. The van der Waals surface area contributed by atoms with E-state index in [4.69, 9.17) is 15.3 Å². The van der Waals surface area contributed by atoms with Crippen molar-refractivity contribution in [2.45, 2.75) is 6.54 Å². The molecule has 0 bridgehead atoms. The first kappa shape index (κ1) is 16.3. The molecule has 122 valence electrons. The molecule has 0 aliphatic heterocycles. The van der Waals surface area contributed by atoms with Gasteiger partial charge in [-0.15, -0.1) is 0 Å². The van der Waals surface area contributed by atoms with Crippen LogP contribution in [0.2, 0.25) is 0 Å². The summed E-state index contributed by atoms with van der Waals surface area (Å²) in [6.45, 7) is 0.809. The molecule has 3 aromatic rings. The van der Waals surface area contributed by atoms with E-state index in [-0.39, 0.29) is 11.3 Å². The molecule has 1 heterocycles. The first-order valence-corrected chi connectivity index (χ1v) is 7.70. The fraction of sp³-hybridized carbons (Fsp3) is 0.100. The Labute approximate surface area is 144 Å². The number of fused-ring (bicyclic) bond motifs is 1. The average molecular weight is 331 g/mol. The van der Waals surface area contributed by atoms with Crippen LogP contribution < -0.4 is 4.74 Å². The summed E-state index contributed by atoms with van der Waals surface area (Å²) in [5.41, 5.74) is 1.80. The third-order valence-electron chi connectivity index (χ3n) is 3.79. The molecule has 0 aliphatic rings. The van der Waals surface area contributed by atoms with Gasteiger partial charge in [0.25, 0.3) is 0 Å². The smallest absolute Gasteiger partial charge is 0.165 e. The molecule has 0 radical (unpaired) electrons. The van der Waals surface area contributed by atoms with Gasteiger partial charge in [-0.3, -0.25) is 0 Å². The summed E-state index contributed by atoms with van der Waals surface area (Å²) in [6, 6.07) is 17.7. The van der Waals surface area contributed by atoms with Crippen molar-refractivity contribution in [3.63, 3.8) is 0 Å². The number of halogens is 1. The summed E-state index contributed by atoms with van der Waals surface area (Å²) < 4.78 is 21.1. The Morgan fingerprint density at radius 1 is 1.08 bits per heavy atom. The molecule has 0 aliphatic carbocycles. The fourth-order valence-corrected chi connectivity index (χ4v) is 2.64. The van der Waals surface area contributed by atoms with Gasteiger partial charge in [-0.1, -0.05) is 30.3 Å². The normalized spacial score (nSPS) is 10.0. The SMILES string of the molecule is N#CC(C#N)=Cc1cn(CCOc2ccccc2F)c2ccccc12. The lowest BCUT2D eigenvalue weighted by Gasteiger charge is -2.08. The van der Waals surface area contributed by atoms with Crippen molar-refractivity contribution >= 4 is 17.0 Å². The highest BCUT2D eigenvalue weighted by Gasteiger charge is 2.08. The Kier molecular flexibility index (Phi) is 4.78. The number of hydrogen-bond acceptors (Lipinski definition) is 3. The van der Waals surface area contributed by atoms with Crippen LogP contribution in [-0.2, 0) is 6.54 Å². The van der Waals surface area contributed by atoms with Crippen LogP contribution in [0.4, 0.5) is 4.39 Å². The van der Waals surface area contributed by atoms with Gasteiger partial charge in [-0.05, 0) is 24.3 Å². The maximum absolute atomic E-state index is 13.6. The standard InChI is InChI=1S/C20H14FN3O/c21-18-6-2-4-8-20(18)25-10-9-24-14-16(11-15(12-22)13-23)17-5-1-3-7-19(17)24/h1-8,11,14H,9-10H2. The highest BCUT2D eigenvalue weighted by molar-refractivity contribution is 5.90. The predicted molar refractivity (Wildman–Crippen MR) is 93.0 cm³/mol. The molecule has 0 atom stereocenters. The second-order valence-corrected chi connectivity index (χ2v) is 5.36. The number of allylic oxidation sites excluding steroid dienone is 1. The number of rotatable bonds is 5. The average Bonchev–Trinajstić information content (AvgIpc) is 2.99. The minimum Gasteiger partial charge on any atom is -0.489 e. The molecule has 0 unspecified atom stereocenters. The van der Waals surface area contributed by atoms with Gasteiger partial charge in [0, 0.05) is 22.7 Å². The van der Waals surface area contributed by atoms with Crippen LogP contribution in [0.15, 0.2) is 60.3 Å². The van der Waals surface area contributed by atoms with Gasteiger partial charge in [0.2, 0.25) is 0 Å². The van der Waals surface area contributed by atoms with E-state index in [0.717, 1.165) is 16.5 Å². The van der Waals surface area contributed by atoms with Crippen molar-refractivity contribution in [2.75, 3.05) is 6.61 Å². The summed E-state index contributed by atoms with van der Waals surface area (Å²) in [6.07, 6.45) is 3.43. The largest absolute Gasteiger partial charge is 0.489 e. The zero-order valence-electron chi connectivity index (χ0n) is 13.3. The van der Waals surface area contributed by atoms with E-state index < -0.39 is 5.82 Å². The van der Waals surface area contributed by atoms with Gasteiger partial charge in [0.1, 0.15) is 24.3 Å². The fourth-order valence-electron chi connectivity index (χ4n) is 2.64. The highest BCUT2D eigenvalue weighted by atomic mass is 19.1. The number of benzene rings is 2. The van der Waals surface area contributed by atoms with Crippen LogP contribution in [0.25, 0.3) is 17.0 Å². The molecule has 2 aromatic carbocycles. The van der Waals surface area contributed by atoms with E-state index in [0.29, 0.717) is 13.2 Å². The Morgan fingerprint density at radius 3 is 2.56 bits per heavy atom. The van der Waals surface area contributed by atoms with Crippen LogP contribution >= 0.6 is 0 Å². The number of nitrogens with zero attached hydrogens (tertiary/aromatic N) is 3. The van der Waals surface area contributed by atoms with Crippen molar-refractivity contribution < 1.29 is 9.13 Å². The van der Waals surface area contributed by atoms with Gasteiger partial charge < -0.3 is 9.30 Å². The summed E-state index contributed by atoms with van der Waals surface area (Å²) in [4.78, 5) is 0. The molecule has 0 saturated heterocycles. The number of para-hydroxylation sites is 2. The van der Waals surface area contributed by atoms with E-state index in [1.807, 2.05) is 47.2 Å². The first-order chi connectivity index (χ1) is 12.2. The van der Waals surface area contributed by atoms with Gasteiger partial charge in [-0.25, -0.2) is 4.39 Å². The zero-order valence-corrected chi connectivity index (χ0v) is 13.3. The molecule has 3 rings (SSSR count). The van der Waals surface area contributed by atoms with Gasteiger partial charge in [0.15, 0.2) is 11.6 Å². The monoisotopic (exact) mass is 331 g/mol. The van der Waals surface area contributed by atoms with E-state index in [2.05, 4.69) is 0 Å². The minimum atomic E-state index is -0.392. The molecule has 4 nitrogen and oxygen atoms in total. The van der Waals surface area contributed by atoms with Gasteiger partial charge >= 0.3 is 0 Å². The molecule has 0 spiro atoms. The van der Waals surface area contributed by atoms with Crippen LogP contribution in [0, 0.1) is 28.5 Å². The highest BCUT2D eigenvalue weighted by Crippen LogP contribution is 2.24. The van der Waals surface area contributed by atoms with Crippen molar-refractivity contribution in [1.29, 1.82) is 10.5 Å². The molecule has 5 heteroatoms. The van der Waals surface area contributed by atoms with Crippen LogP contribution in [0.5, 0.6) is 5.75 Å². The van der Waals surface area contributed by atoms with Gasteiger partial charge in [-0.2, -0.15) is 10.5 Å². The lowest BCUT2D eigenvalue weighted by Crippen LogP contribution is -2.07. The Bertz CT molecular complexity index is 1010. The molecule has 0 fully saturated rings. The number of ether oxygens (including phenoxy) is 1. The summed E-state index contributed by atoms with van der Waals surface area (Å²) in [5.74, 6) is -0.175. The zero-order chi connectivity index (χ0) is 17.6. The molecular formula is C20H14FN3O. The van der Waals surface area contributed by atoms with E-state index in [1.165, 1.54) is 6.07 Å². The van der Waals surface area contributed by atoms with Crippen LogP contribution in [-0.4, -0.2) is 11.2 Å². The number of nitriles is 2. The molecule has 1 aromatic heterocycles. The molecule has 25 heavy (non-hydrogen) atoms. The lowest BCUT2D eigenvalue weighted by molar-refractivity contribution is 0.286. The second-order valence-electron chi connectivity index (χ2n) is 5.36. The van der Waals surface area contributed by atoms with Crippen molar-refractivity contribution in [3.8, 4) is 17.9 Å². The predicted octanol–water partition coefficient (Wildman–Crippen LogP) is 4.29. The first-order valence-electron chi connectivity index (χ1n) is 7.70. The Hall–Kier alpha value is -3.57. The topological polar surface area (TPSA) is 61.7 Å². The Balaban J connectivity index is 1.85. The van der Waals surface area contributed by atoms with E-state index in [1.54, 1.807) is 24.3 Å². The molecule has 0 N–H and O–H groups in total. The second kappa shape index (κ2) is 7.33. The minimum absolute atomic E-state index is 0.0468. The van der Waals surface area contributed by atoms with E-state index in [9.17, 15) is 4.39 Å². The molecule has 0 amide bonds. The third kappa shape index (κ3) is 3.52.